The zero-order valence-electron chi connectivity index (χ0n) is 47.2. The van der Waals surface area contributed by atoms with E-state index < -0.39 is 59.3 Å². The van der Waals surface area contributed by atoms with Gasteiger partial charge in [-0.2, -0.15) is 13.2 Å². The van der Waals surface area contributed by atoms with Crippen LogP contribution in [-0.2, 0) is 53.3 Å². The molecule has 0 aliphatic carbocycles. The molecule has 5 aliphatic heterocycles. The van der Waals surface area contributed by atoms with E-state index in [1.165, 1.54) is 39.0 Å². The van der Waals surface area contributed by atoms with Crippen LogP contribution in [0.5, 0.6) is 0 Å². The highest BCUT2D eigenvalue weighted by atomic mass is 32.1. The summed E-state index contributed by atoms with van der Waals surface area (Å²) in [6, 6.07) is 3.76. The summed E-state index contributed by atoms with van der Waals surface area (Å²) in [4.78, 5) is 89.8. The van der Waals surface area contributed by atoms with Gasteiger partial charge in [0.2, 0.25) is 11.8 Å². The van der Waals surface area contributed by atoms with Crippen molar-refractivity contribution in [3.8, 4) is 22.5 Å². The van der Waals surface area contributed by atoms with Gasteiger partial charge in [-0.1, -0.05) is 40.3 Å². The Labute approximate surface area is 473 Å². The Morgan fingerprint density at radius 2 is 1.75 bits per heavy atom. The van der Waals surface area contributed by atoms with Crippen LogP contribution in [0.25, 0.3) is 33.4 Å². The number of hydrogen-bond donors (Lipinski definition) is 2. The first kappa shape index (κ1) is 58.8. The van der Waals surface area contributed by atoms with Crippen LogP contribution in [0.2, 0.25) is 0 Å². The summed E-state index contributed by atoms with van der Waals surface area (Å²) in [5.41, 5.74) is 6.08. The van der Waals surface area contributed by atoms with E-state index in [9.17, 15) is 24.0 Å². The molecule has 6 bridgehead atoms. The number of cyclic esters (lactones) is 1. The number of likely N-dealkylation sites (tertiary alicyclic amines) is 2. The number of fused-ring (bicyclic) bond motifs is 6. The van der Waals surface area contributed by atoms with Gasteiger partial charge in [-0.05, 0) is 93.7 Å². The molecule has 4 saturated heterocycles. The average molecular weight is 1140 g/mol. The SMILES string of the molecule is C=CC(=O)N1CCC2(CCN(C(=O)N(C)[C@H](C(=O)N[C@H]3Cc4nc(cs4)-c4ccc5c(c4)c(c(-c4cc(N6CCN(C)CC6)cnc4[C@@](C)([Si])OC)n5CC(F)(F)F)CC(C)(C)COC(=O)[C@@H]4CCCN(N4)C3=O)C(C)C)CC2)C1. The largest absolute Gasteiger partial charge is 0.464 e. The number of nitrogens with one attached hydrogen (secondary N) is 2. The lowest BCUT2D eigenvalue weighted by Gasteiger charge is -2.42. The van der Waals surface area contributed by atoms with Crippen molar-refractivity contribution >= 4 is 67.9 Å². The van der Waals surface area contributed by atoms with E-state index in [1.807, 2.05) is 57.2 Å². The predicted molar refractivity (Wildman–Crippen MR) is 301 cm³/mol. The molecule has 0 saturated carbocycles. The number of piperazine rings is 1. The zero-order valence-corrected chi connectivity index (χ0v) is 49.0. The summed E-state index contributed by atoms with van der Waals surface area (Å²) in [5.74, 6) is -2.12. The van der Waals surface area contributed by atoms with Crippen LogP contribution in [0.1, 0.15) is 83.0 Å². The number of likely N-dealkylation sites (N-methyl/N-ethyl adjacent to an activating group) is 2. The molecule has 4 fully saturated rings. The van der Waals surface area contributed by atoms with Gasteiger partial charge < -0.3 is 43.9 Å². The van der Waals surface area contributed by atoms with Crippen LogP contribution in [0.15, 0.2) is 48.5 Å². The number of methoxy groups -OCH3 is 1. The zero-order chi connectivity index (χ0) is 57.6. The van der Waals surface area contributed by atoms with Gasteiger partial charge in [0.1, 0.15) is 24.7 Å². The highest BCUT2D eigenvalue weighted by molar-refractivity contribution is 7.10. The molecule has 3 radical (unpaired) electrons. The quantitative estimate of drug-likeness (QED) is 0.102. The maximum absolute atomic E-state index is 15.1. The first-order chi connectivity index (χ1) is 37.8. The van der Waals surface area contributed by atoms with Crippen LogP contribution < -0.4 is 15.6 Å². The number of urea groups is 1. The molecule has 2 N–H and O–H groups in total. The van der Waals surface area contributed by atoms with E-state index in [0.717, 1.165) is 25.2 Å². The minimum Gasteiger partial charge on any atom is -0.464 e. The van der Waals surface area contributed by atoms with Gasteiger partial charge in [-0.15, -0.1) is 11.3 Å². The lowest BCUT2D eigenvalue weighted by atomic mass is 9.78. The van der Waals surface area contributed by atoms with E-state index in [4.69, 9.17) is 19.4 Å². The molecule has 23 heteroatoms. The summed E-state index contributed by atoms with van der Waals surface area (Å²) in [6.45, 7) is 16.8. The van der Waals surface area contributed by atoms with E-state index >= 15 is 13.2 Å². The lowest BCUT2D eigenvalue weighted by Crippen LogP contribution is -2.62. The van der Waals surface area contributed by atoms with Gasteiger partial charge >= 0.3 is 18.2 Å². The smallest absolute Gasteiger partial charge is 0.406 e. The number of nitrogens with zero attached hydrogens (tertiary/aromatic N) is 9. The molecule has 4 aromatic rings. The molecular formula is C57H75F3N11O7SSi. The number of hydrogen-bond acceptors (Lipinski definition) is 13. The minimum atomic E-state index is -4.64. The molecule has 4 atom stereocenters. The number of carbonyl (C=O) groups excluding carboxylic acids is 5. The lowest BCUT2D eigenvalue weighted by molar-refractivity contribution is -0.155. The van der Waals surface area contributed by atoms with E-state index in [0.29, 0.717) is 115 Å². The van der Waals surface area contributed by atoms with Crippen LogP contribution in [-0.4, -0.2) is 190 Å². The maximum Gasteiger partial charge on any atom is 0.406 e. The Kier molecular flexibility index (Phi) is 17.0. The van der Waals surface area contributed by atoms with Crippen LogP contribution >= 0.6 is 11.3 Å². The Morgan fingerprint density at radius 1 is 1.05 bits per heavy atom. The van der Waals surface area contributed by atoms with Gasteiger partial charge in [0.15, 0.2) is 0 Å². The van der Waals surface area contributed by atoms with Crippen molar-refractivity contribution in [3.05, 3.63) is 64.8 Å². The Morgan fingerprint density at radius 3 is 2.41 bits per heavy atom. The molecule has 1 aromatic carbocycles. The monoisotopic (exact) mass is 1140 g/mol. The van der Waals surface area contributed by atoms with Crippen molar-refractivity contribution in [1.29, 1.82) is 0 Å². The number of alkyl halides is 3. The second kappa shape index (κ2) is 23.2. The summed E-state index contributed by atoms with van der Waals surface area (Å²) in [7, 11) is 8.94. The summed E-state index contributed by atoms with van der Waals surface area (Å²) >= 11 is 1.28. The van der Waals surface area contributed by atoms with Crippen molar-refractivity contribution in [3.63, 3.8) is 0 Å². The standard InChI is InChI=1S/C57H75F3N11O7SSi/c1-10-46(72)69-21-17-56(32-69)15-19-68(20-16-56)53(76)66(8)47(35(2)3)50(73)63-42-28-45-62-43(31-79-45)36-13-14-44-38(26-36)40(29-54(4,5)34-78-52(75)41-12-11-18-71(64-41)51(42)74)48(70(44)33-57(58,59)60)39-27-37(67-24-22-65(7)23-25-67)30-61-49(39)55(6,80)77-9/h10,13-14,26-27,30-31,35,41-42,47,64H,1,11-12,15-25,28-29,32-34H2,2-9H3,(H,63,73)/t41-,42-,47-,55+/m0/s1. The number of halogens is 3. The number of aromatic nitrogens is 3. The van der Waals surface area contributed by atoms with Gasteiger partial charge in [0, 0.05) is 112 Å². The van der Waals surface area contributed by atoms with Crippen LogP contribution in [0, 0.1) is 16.7 Å². The number of carbonyl (C=O) groups is 5. The number of piperidine rings is 1. The Hall–Kier alpha value is -5.88. The number of ether oxygens (including phenoxy) is 2. The highest BCUT2D eigenvalue weighted by Crippen LogP contribution is 2.45. The van der Waals surface area contributed by atoms with Crippen molar-refractivity contribution in [2.75, 3.05) is 91.6 Å². The normalized spacial score (nSPS) is 22.3. The second-order valence-corrected chi connectivity index (χ2v) is 25.7. The number of thiazole rings is 1. The third-order valence-electron chi connectivity index (χ3n) is 16.8. The van der Waals surface area contributed by atoms with Crippen molar-refractivity contribution < 1.29 is 46.6 Å². The van der Waals surface area contributed by atoms with E-state index in [-0.39, 0.29) is 49.3 Å². The fourth-order valence-electron chi connectivity index (χ4n) is 12.2. The van der Waals surface area contributed by atoms with Crippen molar-refractivity contribution in [1.82, 2.24) is 49.9 Å². The number of esters is 1. The molecule has 80 heavy (non-hydrogen) atoms. The molecule has 8 heterocycles. The van der Waals surface area contributed by atoms with Gasteiger partial charge in [-0.25, -0.2) is 15.2 Å². The van der Waals surface area contributed by atoms with Crippen LogP contribution in [0.4, 0.5) is 23.7 Å². The van der Waals surface area contributed by atoms with Crippen LogP contribution in [0.3, 0.4) is 0 Å². The molecule has 18 nitrogen and oxygen atoms in total. The molecule has 431 valence electrons. The minimum absolute atomic E-state index is 0.0531. The number of hydrazine groups is 1. The fraction of sp³-hybridized carbons (Fsp3) is 0.596. The number of anilines is 1. The third kappa shape index (κ3) is 12.5. The number of benzene rings is 1. The highest BCUT2D eigenvalue weighted by Gasteiger charge is 2.45. The molecule has 9 rings (SSSR count). The van der Waals surface area contributed by atoms with Crippen molar-refractivity contribution in [2.45, 2.75) is 116 Å². The molecule has 1 spiro atoms. The summed E-state index contributed by atoms with van der Waals surface area (Å²) < 4.78 is 58.8. The molecule has 0 unspecified atom stereocenters. The average Bonchev–Trinajstić information content (AvgIpc) is 4.36. The first-order valence-electron chi connectivity index (χ1n) is 27.7. The molecule has 5 aliphatic rings. The number of rotatable bonds is 10. The maximum atomic E-state index is 15.1. The van der Waals surface area contributed by atoms with Gasteiger partial charge in [0.05, 0.1) is 56.0 Å². The second-order valence-electron chi connectivity index (χ2n) is 23.8. The summed E-state index contributed by atoms with van der Waals surface area (Å²) in [6.07, 6.45) is 1.61. The van der Waals surface area contributed by atoms with E-state index in [1.54, 1.807) is 37.2 Å². The number of amides is 5. The topological polar surface area (TPSA) is 178 Å². The molecule has 3 aromatic heterocycles. The summed E-state index contributed by atoms with van der Waals surface area (Å²) in [5, 5.41) is 6.00. The molecule has 5 amide bonds. The van der Waals surface area contributed by atoms with Gasteiger partial charge in [0.25, 0.3) is 5.91 Å². The molecular weight excluding hydrogens is 1070 g/mol. The number of pyridine rings is 1. The van der Waals surface area contributed by atoms with Crippen molar-refractivity contribution in [2.24, 2.45) is 16.7 Å². The third-order valence-corrected chi connectivity index (χ3v) is 18.2. The Bertz CT molecular complexity index is 3000. The first-order valence-corrected chi connectivity index (χ1v) is 29.1. The fourth-order valence-corrected chi connectivity index (χ4v) is 13.3. The Balaban J connectivity index is 1.08. The predicted octanol–water partition coefficient (Wildman–Crippen LogP) is 6.35. The van der Waals surface area contributed by atoms with E-state index in [2.05, 4.69) is 37.4 Å². The van der Waals surface area contributed by atoms with Gasteiger partial charge in [-0.3, -0.25) is 29.2 Å².